The van der Waals surface area contributed by atoms with Gasteiger partial charge >= 0.3 is 0 Å². The first-order valence-corrected chi connectivity index (χ1v) is 8.51. The van der Waals surface area contributed by atoms with Crippen molar-refractivity contribution in [1.82, 2.24) is 19.5 Å². The quantitative estimate of drug-likeness (QED) is 0.658. The molecule has 9 nitrogen and oxygen atoms in total. The van der Waals surface area contributed by atoms with Gasteiger partial charge in [0.1, 0.15) is 11.4 Å². The Morgan fingerprint density at radius 2 is 1.85 bits per heavy atom. The summed E-state index contributed by atoms with van der Waals surface area (Å²) in [5.74, 6) is -0.448. The highest BCUT2D eigenvalue weighted by atomic mass is 35.5. The molecular weight excluding hydrogens is 393 g/mol. The van der Waals surface area contributed by atoms with Crippen LogP contribution in [0.2, 0.25) is 10.0 Å². The topological polar surface area (TPSA) is 99.1 Å². The van der Waals surface area contributed by atoms with Gasteiger partial charge in [0.25, 0.3) is 17.5 Å². The summed E-state index contributed by atoms with van der Waals surface area (Å²) in [5.41, 5.74) is 1.28. The van der Waals surface area contributed by atoms with E-state index in [0.29, 0.717) is 22.4 Å². The fraction of sp³-hybridized carbons (Fsp3) is 0.250. The number of azo groups is 1. The van der Waals surface area contributed by atoms with Crippen molar-refractivity contribution in [2.75, 3.05) is 14.2 Å². The van der Waals surface area contributed by atoms with Crippen LogP contribution in [-0.2, 0) is 5.79 Å². The fourth-order valence-electron chi connectivity index (χ4n) is 2.88. The van der Waals surface area contributed by atoms with Gasteiger partial charge in [-0.1, -0.05) is 23.2 Å². The Labute approximate surface area is 163 Å². The zero-order chi connectivity index (χ0) is 19.2. The van der Waals surface area contributed by atoms with Crippen molar-refractivity contribution in [3.63, 3.8) is 0 Å². The number of nitrogens with zero attached hydrogens (tertiary/aromatic N) is 7. The molecule has 0 aliphatic carbocycles. The van der Waals surface area contributed by atoms with Crippen LogP contribution in [0.1, 0.15) is 12.5 Å². The van der Waals surface area contributed by atoms with Crippen LogP contribution in [0, 0.1) is 0 Å². The molecule has 0 spiro atoms. The smallest absolute Gasteiger partial charge is 0.283 e. The third kappa shape index (κ3) is 2.62. The lowest BCUT2D eigenvalue weighted by molar-refractivity contribution is 0.333. The molecule has 1 atom stereocenters. The Morgan fingerprint density at radius 1 is 1.11 bits per heavy atom. The molecule has 1 aromatic carbocycles. The molecule has 0 saturated heterocycles. The lowest BCUT2D eigenvalue weighted by atomic mass is 10.1. The molecule has 0 amide bonds. The summed E-state index contributed by atoms with van der Waals surface area (Å²) in [6.07, 6.45) is 4.88. The number of methoxy groups -OCH3 is 2. The van der Waals surface area contributed by atoms with Gasteiger partial charge in [0.15, 0.2) is 0 Å². The zero-order valence-electron chi connectivity index (χ0n) is 14.5. The van der Waals surface area contributed by atoms with Gasteiger partial charge < -0.3 is 9.47 Å². The molecule has 0 N–H and O–H groups in total. The van der Waals surface area contributed by atoms with Crippen molar-refractivity contribution in [3.8, 4) is 11.8 Å². The Kier molecular flexibility index (Phi) is 4.20. The van der Waals surface area contributed by atoms with Crippen LogP contribution < -0.4 is 9.47 Å². The minimum Gasteiger partial charge on any atom is -0.477 e. The second kappa shape index (κ2) is 6.43. The number of fused-ring (bicyclic) bond motifs is 1. The van der Waals surface area contributed by atoms with Crippen molar-refractivity contribution in [2.45, 2.75) is 12.7 Å². The van der Waals surface area contributed by atoms with E-state index in [1.54, 1.807) is 36.3 Å². The third-order valence-corrected chi connectivity index (χ3v) is 4.82. The second-order valence-electron chi connectivity index (χ2n) is 5.62. The number of hydrogen-bond donors (Lipinski definition) is 0. The minimum absolute atomic E-state index is 0.195. The van der Waals surface area contributed by atoms with Crippen molar-refractivity contribution >= 4 is 40.1 Å². The Hall–Kier alpha value is -2.78. The molecule has 1 aliphatic heterocycles. The number of aliphatic imine (C=N–C) groups is 1. The van der Waals surface area contributed by atoms with Crippen LogP contribution in [0.5, 0.6) is 11.8 Å². The van der Waals surface area contributed by atoms with Gasteiger partial charge in [0, 0.05) is 12.4 Å². The molecule has 3 heterocycles. The standard InChI is InChI=1S/C16H13Cl2N7O2/c1-8-22-16(24-23-8,25-5-4-19-7-25)11-12(18)9(17)6-10-13(11)21-15(27-3)14(20-10)26-2/h4-7H,1-3H3. The number of imidazole rings is 1. The molecule has 2 aromatic heterocycles. The van der Waals surface area contributed by atoms with Crippen LogP contribution in [-0.4, -0.2) is 39.6 Å². The van der Waals surface area contributed by atoms with Crippen molar-refractivity contribution in [2.24, 2.45) is 15.2 Å². The molecule has 0 saturated carbocycles. The maximum Gasteiger partial charge on any atom is 0.283 e. The number of amidine groups is 1. The molecule has 3 aromatic rings. The summed E-state index contributed by atoms with van der Waals surface area (Å²) >= 11 is 13.0. The van der Waals surface area contributed by atoms with E-state index >= 15 is 0 Å². The van der Waals surface area contributed by atoms with Crippen molar-refractivity contribution in [3.05, 3.63) is 40.4 Å². The SMILES string of the molecule is COc1nc2cc(Cl)c(Cl)c(C3(n4ccnc4)N=NC(C)=N3)c2nc1OC. The van der Waals surface area contributed by atoms with E-state index in [-0.39, 0.29) is 21.8 Å². The summed E-state index contributed by atoms with van der Waals surface area (Å²) in [6.45, 7) is 1.73. The van der Waals surface area contributed by atoms with E-state index in [1.165, 1.54) is 14.2 Å². The number of benzene rings is 1. The normalized spacial score (nSPS) is 18.8. The third-order valence-electron chi connectivity index (χ3n) is 4.03. The Balaban J connectivity index is 2.14. The lowest BCUT2D eigenvalue weighted by Crippen LogP contribution is -2.29. The first-order valence-electron chi connectivity index (χ1n) is 7.76. The highest BCUT2D eigenvalue weighted by molar-refractivity contribution is 6.43. The zero-order valence-corrected chi connectivity index (χ0v) is 16.0. The summed E-state index contributed by atoms with van der Waals surface area (Å²) in [4.78, 5) is 17.7. The molecule has 0 fully saturated rings. The van der Waals surface area contributed by atoms with E-state index in [0.717, 1.165) is 0 Å². The molecule has 0 bridgehead atoms. The average Bonchev–Trinajstić information content (AvgIpc) is 3.32. The lowest BCUT2D eigenvalue weighted by Gasteiger charge is -2.25. The van der Waals surface area contributed by atoms with E-state index in [1.807, 2.05) is 0 Å². The molecule has 1 aliphatic rings. The van der Waals surface area contributed by atoms with Crippen LogP contribution in [0.15, 0.2) is 40.0 Å². The van der Waals surface area contributed by atoms with Gasteiger partial charge in [0.2, 0.25) is 0 Å². The number of hydrogen-bond acceptors (Lipinski definition) is 8. The maximum atomic E-state index is 6.60. The van der Waals surface area contributed by atoms with Gasteiger partial charge in [-0.15, -0.1) is 10.2 Å². The summed E-state index contributed by atoms with van der Waals surface area (Å²) in [5, 5.41) is 8.98. The largest absolute Gasteiger partial charge is 0.477 e. The minimum atomic E-state index is -1.34. The van der Waals surface area contributed by atoms with Crippen molar-refractivity contribution < 1.29 is 9.47 Å². The Bertz CT molecular complexity index is 1100. The molecule has 1 unspecified atom stereocenters. The van der Waals surface area contributed by atoms with E-state index in [4.69, 9.17) is 32.7 Å². The molecule has 11 heteroatoms. The first kappa shape index (κ1) is 17.6. The van der Waals surface area contributed by atoms with E-state index < -0.39 is 5.79 Å². The predicted molar refractivity (Wildman–Crippen MR) is 99.9 cm³/mol. The molecule has 27 heavy (non-hydrogen) atoms. The maximum absolute atomic E-state index is 6.60. The van der Waals surface area contributed by atoms with Gasteiger partial charge in [0.05, 0.1) is 41.7 Å². The highest BCUT2D eigenvalue weighted by Crippen LogP contribution is 2.45. The molecular formula is C16H13Cl2N7O2. The van der Waals surface area contributed by atoms with E-state index in [2.05, 4.69) is 30.2 Å². The monoisotopic (exact) mass is 405 g/mol. The van der Waals surface area contributed by atoms with Crippen LogP contribution in [0.3, 0.4) is 0 Å². The van der Waals surface area contributed by atoms with Crippen molar-refractivity contribution in [1.29, 1.82) is 0 Å². The Morgan fingerprint density at radius 3 is 2.44 bits per heavy atom. The predicted octanol–water partition coefficient (Wildman–Crippen LogP) is 3.69. The number of rotatable bonds is 4. The average molecular weight is 406 g/mol. The van der Waals surface area contributed by atoms with Crippen LogP contribution in [0.25, 0.3) is 11.0 Å². The summed E-state index contributed by atoms with van der Waals surface area (Å²) in [7, 11) is 2.95. The fourth-order valence-corrected chi connectivity index (χ4v) is 3.35. The van der Waals surface area contributed by atoms with Gasteiger partial charge in [-0.2, -0.15) is 0 Å². The van der Waals surface area contributed by atoms with Gasteiger partial charge in [-0.25, -0.2) is 19.9 Å². The number of halogens is 2. The first-order chi connectivity index (χ1) is 13.0. The second-order valence-corrected chi connectivity index (χ2v) is 6.41. The summed E-state index contributed by atoms with van der Waals surface area (Å²) < 4.78 is 12.2. The van der Waals surface area contributed by atoms with Gasteiger partial charge in [-0.05, 0) is 13.0 Å². The van der Waals surface area contributed by atoms with Gasteiger partial charge in [-0.3, -0.25) is 4.57 Å². The number of ether oxygens (including phenoxy) is 2. The number of aromatic nitrogens is 4. The van der Waals surface area contributed by atoms with E-state index in [9.17, 15) is 0 Å². The molecule has 138 valence electrons. The summed E-state index contributed by atoms with van der Waals surface area (Å²) in [6, 6.07) is 1.60. The highest BCUT2D eigenvalue weighted by Gasteiger charge is 2.42. The van der Waals surface area contributed by atoms with Crippen LogP contribution in [0.4, 0.5) is 0 Å². The van der Waals surface area contributed by atoms with Crippen LogP contribution >= 0.6 is 23.2 Å². The molecule has 0 radical (unpaired) electrons. The molecule has 4 rings (SSSR count).